The van der Waals surface area contributed by atoms with Gasteiger partial charge >= 0.3 is 0 Å². The van der Waals surface area contributed by atoms with Gasteiger partial charge in [-0.15, -0.1) is 11.6 Å². The molecule has 0 radical (unpaired) electrons. The molecule has 0 saturated heterocycles. The van der Waals surface area contributed by atoms with E-state index in [-0.39, 0.29) is 12.5 Å². The first-order valence-electron chi connectivity index (χ1n) is 4.51. The first kappa shape index (κ1) is 10.3. The zero-order chi connectivity index (χ0) is 10.7. The number of hydrogen-bond acceptors (Lipinski definition) is 4. The van der Waals surface area contributed by atoms with Crippen molar-refractivity contribution in [2.75, 3.05) is 12.5 Å². The van der Waals surface area contributed by atoms with E-state index in [1.807, 2.05) is 12.1 Å². The predicted molar refractivity (Wildman–Crippen MR) is 56.2 cm³/mol. The Labute approximate surface area is 91.4 Å². The molecule has 0 aliphatic heterocycles. The molecule has 1 aromatic carbocycles. The molecule has 15 heavy (non-hydrogen) atoms. The summed E-state index contributed by atoms with van der Waals surface area (Å²) >= 11 is 5.45. The molecule has 0 aliphatic carbocycles. The SMILES string of the molecule is OC(CCl)COc1cccc2cnoc12. The number of aliphatic hydroxyl groups excluding tert-OH is 1. The van der Waals surface area contributed by atoms with Crippen LogP contribution in [0.1, 0.15) is 0 Å². The van der Waals surface area contributed by atoms with Gasteiger partial charge in [-0.1, -0.05) is 11.2 Å². The summed E-state index contributed by atoms with van der Waals surface area (Å²) in [6, 6.07) is 5.47. The number of nitrogens with zero attached hydrogens (tertiary/aromatic N) is 1. The first-order chi connectivity index (χ1) is 7.31. The molecule has 1 unspecified atom stereocenters. The summed E-state index contributed by atoms with van der Waals surface area (Å²) in [4.78, 5) is 0. The minimum absolute atomic E-state index is 0.142. The summed E-state index contributed by atoms with van der Waals surface area (Å²) in [5.41, 5.74) is 0.583. The third-order valence-electron chi connectivity index (χ3n) is 1.95. The number of para-hydroxylation sites is 1. The fourth-order valence-electron chi connectivity index (χ4n) is 1.21. The van der Waals surface area contributed by atoms with Crippen molar-refractivity contribution >= 4 is 22.6 Å². The van der Waals surface area contributed by atoms with E-state index in [1.165, 1.54) is 0 Å². The van der Waals surface area contributed by atoms with Gasteiger partial charge in [-0.25, -0.2) is 0 Å². The number of fused-ring (bicyclic) bond motifs is 1. The van der Waals surface area contributed by atoms with Crippen LogP contribution < -0.4 is 4.74 Å². The average molecular weight is 228 g/mol. The molecule has 1 N–H and O–H groups in total. The molecule has 1 heterocycles. The van der Waals surface area contributed by atoms with E-state index in [0.29, 0.717) is 11.3 Å². The van der Waals surface area contributed by atoms with Crippen LogP contribution in [0.5, 0.6) is 5.75 Å². The Bertz CT molecular complexity index is 443. The van der Waals surface area contributed by atoms with Crippen LogP contribution in [0.3, 0.4) is 0 Å². The Hall–Kier alpha value is -1.26. The molecule has 2 aromatic rings. The number of benzene rings is 1. The standard InChI is InChI=1S/C10H10ClNO3/c11-4-8(13)6-14-9-3-1-2-7-5-12-15-10(7)9/h1-3,5,8,13H,4,6H2. The minimum Gasteiger partial charge on any atom is -0.487 e. The average Bonchev–Trinajstić information content (AvgIpc) is 2.74. The van der Waals surface area contributed by atoms with Crippen LogP contribution in [0.25, 0.3) is 11.0 Å². The van der Waals surface area contributed by atoms with Crippen LogP contribution in [0.15, 0.2) is 28.9 Å². The Kier molecular flexibility index (Phi) is 3.08. The van der Waals surface area contributed by atoms with Crippen LogP contribution in [0.2, 0.25) is 0 Å². The van der Waals surface area contributed by atoms with Gasteiger partial charge in [0.15, 0.2) is 5.75 Å². The van der Waals surface area contributed by atoms with Crippen LogP contribution in [0, 0.1) is 0 Å². The molecular formula is C10H10ClNO3. The normalized spacial score (nSPS) is 12.9. The van der Waals surface area contributed by atoms with Gasteiger partial charge < -0.3 is 14.4 Å². The topological polar surface area (TPSA) is 55.5 Å². The second kappa shape index (κ2) is 4.51. The van der Waals surface area contributed by atoms with Crippen LogP contribution in [-0.4, -0.2) is 28.9 Å². The number of aromatic nitrogens is 1. The maximum Gasteiger partial charge on any atom is 0.208 e. The van der Waals surface area contributed by atoms with E-state index in [9.17, 15) is 5.11 Å². The van der Waals surface area contributed by atoms with Crippen molar-refractivity contribution < 1.29 is 14.4 Å². The van der Waals surface area contributed by atoms with Crippen molar-refractivity contribution in [3.05, 3.63) is 24.4 Å². The molecule has 80 valence electrons. The molecule has 4 nitrogen and oxygen atoms in total. The lowest BCUT2D eigenvalue weighted by molar-refractivity contribution is 0.125. The third kappa shape index (κ3) is 2.22. The highest BCUT2D eigenvalue weighted by Crippen LogP contribution is 2.24. The highest BCUT2D eigenvalue weighted by atomic mass is 35.5. The van der Waals surface area contributed by atoms with Crippen molar-refractivity contribution in [1.29, 1.82) is 0 Å². The molecular weight excluding hydrogens is 218 g/mol. The van der Waals surface area contributed by atoms with Crippen molar-refractivity contribution in [2.45, 2.75) is 6.10 Å². The zero-order valence-electron chi connectivity index (χ0n) is 7.89. The molecule has 0 bridgehead atoms. The summed E-state index contributed by atoms with van der Waals surface area (Å²) in [5.74, 6) is 0.709. The van der Waals surface area contributed by atoms with Crippen molar-refractivity contribution in [3.63, 3.8) is 0 Å². The Balaban J connectivity index is 2.17. The largest absolute Gasteiger partial charge is 0.487 e. The summed E-state index contributed by atoms with van der Waals surface area (Å²) in [6.45, 7) is 0.142. The van der Waals surface area contributed by atoms with Crippen LogP contribution in [0.4, 0.5) is 0 Å². The molecule has 1 aromatic heterocycles. The number of aliphatic hydroxyl groups is 1. The third-order valence-corrected chi connectivity index (χ3v) is 2.31. The second-order valence-corrected chi connectivity index (χ2v) is 3.43. The monoisotopic (exact) mass is 227 g/mol. The summed E-state index contributed by atoms with van der Waals surface area (Å²) in [6.07, 6.45) is 0.935. The van der Waals surface area contributed by atoms with Gasteiger partial charge in [0.25, 0.3) is 0 Å². The highest BCUT2D eigenvalue weighted by molar-refractivity contribution is 6.18. The number of hydrogen-bond donors (Lipinski definition) is 1. The summed E-state index contributed by atoms with van der Waals surface area (Å²) in [7, 11) is 0. The van der Waals surface area contributed by atoms with Gasteiger partial charge in [-0.3, -0.25) is 0 Å². The van der Waals surface area contributed by atoms with Crippen molar-refractivity contribution in [3.8, 4) is 5.75 Å². The van der Waals surface area contributed by atoms with E-state index in [2.05, 4.69) is 5.16 Å². The Morgan fingerprint density at radius 1 is 1.53 bits per heavy atom. The summed E-state index contributed by atoms with van der Waals surface area (Å²) < 4.78 is 10.4. The van der Waals surface area contributed by atoms with E-state index in [4.69, 9.17) is 20.9 Å². The van der Waals surface area contributed by atoms with Gasteiger partial charge in [0, 0.05) is 5.39 Å². The predicted octanol–water partition coefficient (Wildman–Crippen LogP) is 1.81. The molecule has 2 rings (SSSR count). The van der Waals surface area contributed by atoms with Crippen LogP contribution in [-0.2, 0) is 0 Å². The number of halogens is 1. The molecule has 0 fully saturated rings. The zero-order valence-corrected chi connectivity index (χ0v) is 8.65. The lowest BCUT2D eigenvalue weighted by atomic mass is 10.2. The molecule has 0 saturated carbocycles. The molecule has 0 amide bonds. The number of rotatable bonds is 4. The number of alkyl halides is 1. The lowest BCUT2D eigenvalue weighted by Gasteiger charge is -2.08. The highest BCUT2D eigenvalue weighted by Gasteiger charge is 2.08. The molecule has 5 heteroatoms. The maximum absolute atomic E-state index is 9.24. The van der Waals surface area contributed by atoms with Gasteiger partial charge in [0.05, 0.1) is 12.1 Å². The fourth-order valence-corrected chi connectivity index (χ4v) is 1.30. The second-order valence-electron chi connectivity index (χ2n) is 3.12. The fraction of sp³-hybridized carbons (Fsp3) is 0.300. The maximum atomic E-state index is 9.24. The smallest absolute Gasteiger partial charge is 0.208 e. The van der Waals surface area contributed by atoms with E-state index >= 15 is 0 Å². The van der Waals surface area contributed by atoms with Gasteiger partial charge in [0.1, 0.15) is 12.7 Å². The van der Waals surface area contributed by atoms with E-state index < -0.39 is 6.10 Å². The van der Waals surface area contributed by atoms with E-state index in [1.54, 1.807) is 12.3 Å². The lowest BCUT2D eigenvalue weighted by Crippen LogP contribution is -2.18. The van der Waals surface area contributed by atoms with Crippen LogP contribution >= 0.6 is 11.6 Å². The molecule has 1 atom stereocenters. The van der Waals surface area contributed by atoms with Gasteiger partial charge in [-0.05, 0) is 12.1 Å². The minimum atomic E-state index is -0.676. The first-order valence-corrected chi connectivity index (χ1v) is 5.05. The van der Waals surface area contributed by atoms with E-state index in [0.717, 1.165) is 5.39 Å². The van der Waals surface area contributed by atoms with Crippen molar-refractivity contribution in [1.82, 2.24) is 5.16 Å². The number of ether oxygens (including phenoxy) is 1. The summed E-state index contributed by atoms with van der Waals surface area (Å²) in [5, 5.41) is 13.8. The molecule has 0 aliphatic rings. The molecule has 0 spiro atoms. The van der Waals surface area contributed by atoms with Gasteiger partial charge in [-0.2, -0.15) is 0 Å². The van der Waals surface area contributed by atoms with Gasteiger partial charge in [0.2, 0.25) is 5.58 Å². The van der Waals surface area contributed by atoms with Crippen molar-refractivity contribution in [2.24, 2.45) is 0 Å². The Morgan fingerprint density at radius 3 is 3.20 bits per heavy atom. The quantitative estimate of drug-likeness (QED) is 0.810. The Morgan fingerprint density at radius 2 is 2.40 bits per heavy atom.